The molecule has 28 heavy (non-hydrogen) atoms. The molecule has 0 fully saturated rings. The first-order valence-electron chi connectivity index (χ1n) is 8.55. The van der Waals surface area contributed by atoms with Crippen molar-refractivity contribution in [3.05, 3.63) is 62.4 Å². The molecular weight excluding hydrogens is 464 g/mol. The first-order chi connectivity index (χ1) is 13.4. The maximum Gasteiger partial charge on any atom is 0.281 e. The molecule has 0 aliphatic carbocycles. The summed E-state index contributed by atoms with van der Waals surface area (Å²) in [5, 5.41) is 1.18. The molecule has 0 spiro atoms. The topological polar surface area (TPSA) is 67.4 Å². The molecule has 2 amide bonds. The minimum atomic E-state index is -0.481. The Morgan fingerprint density at radius 1 is 1.18 bits per heavy atom. The third kappa shape index (κ3) is 4.66. The summed E-state index contributed by atoms with van der Waals surface area (Å²) in [5.41, 5.74) is 5.88. The minimum absolute atomic E-state index is 0.236. The van der Waals surface area contributed by atoms with Gasteiger partial charge < -0.3 is 4.74 Å². The highest BCUT2D eigenvalue weighted by atomic mass is 79.9. The lowest BCUT2D eigenvalue weighted by Crippen LogP contribution is -2.43. The van der Waals surface area contributed by atoms with Gasteiger partial charge in [0.1, 0.15) is 10.6 Å². The summed E-state index contributed by atoms with van der Waals surface area (Å²) in [6.07, 6.45) is 0. The number of carbonyl (C=O) groups is 2. The van der Waals surface area contributed by atoms with E-state index in [0.717, 1.165) is 20.1 Å². The molecule has 8 heteroatoms. The van der Waals surface area contributed by atoms with Gasteiger partial charge in [-0.1, -0.05) is 49.7 Å². The molecule has 0 bridgehead atoms. The zero-order valence-corrected chi connectivity index (χ0v) is 18.4. The van der Waals surface area contributed by atoms with Gasteiger partial charge >= 0.3 is 0 Å². The molecule has 0 unspecified atom stereocenters. The van der Waals surface area contributed by atoms with E-state index < -0.39 is 11.8 Å². The number of benzene rings is 2. The van der Waals surface area contributed by atoms with Crippen molar-refractivity contribution in [2.45, 2.75) is 19.8 Å². The predicted molar refractivity (Wildman–Crippen MR) is 116 cm³/mol. The van der Waals surface area contributed by atoms with Crippen LogP contribution in [0.1, 0.15) is 35.0 Å². The Hall–Kier alpha value is -2.09. The van der Waals surface area contributed by atoms with Crippen LogP contribution in [0.25, 0.3) is 10.1 Å². The number of hydrogen-bond acceptors (Lipinski definition) is 4. The average molecular weight is 482 g/mol. The Morgan fingerprint density at radius 2 is 1.93 bits per heavy atom. The molecule has 2 N–H and O–H groups in total. The van der Waals surface area contributed by atoms with Crippen LogP contribution in [0.4, 0.5) is 0 Å². The van der Waals surface area contributed by atoms with Crippen LogP contribution in [-0.4, -0.2) is 18.4 Å². The van der Waals surface area contributed by atoms with Gasteiger partial charge in [0.2, 0.25) is 0 Å². The molecule has 0 aliphatic rings. The number of nitrogens with one attached hydrogen (secondary N) is 2. The lowest BCUT2D eigenvalue weighted by Gasteiger charge is -2.12. The highest BCUT2D eigenvalue weighted by molar-refractivity contribution is 9.10. The van der Waals surface area contributed by atoms with E-state index in [1.54, 1.807) is 0 Å². The van der Waals surface area contributed by atoms with Crippen LogP contribution in [-0.2, 0) is 4.79 Å². The summed E-state index contributed by atoms with van der Waals surface area (Å²) >= 11 is 11.0. The van der Waals surface area contributed by atoms with Crippen molar-refractivity contribution in [1.82, 2.24) is 10.9 Å². The minimum Gasteiger partial charge on any atom is -0.483 e. The molecule has 0 saturated carbocycles. The van der Waals surface area contributed by atoms with Crippen molar-refractivity contribution in [3.8, 4) is 5.75 Å². The smallest absolute Gasteiger partial charge is 0.281 e. The van der Waals surface area contributed by atoms with Gasteiger partial charge in [0.25, 0.3) is 11.8 Å². The van der Waals surface area contributed by atoms with Crippen LogP contribution in [0.15, 0.2) is 46.9 Å². The zero-order valence-electron chi connectivity index (χ0n) is 15.2. The number of ether oxygens (including phenoxy) is 1. The molecule has 0 aliphatic heterocycles. The molecule has 3 aromatic rings. The number of halogens is 2. The van der Waals surface area contributed by atoms with E-state index in [-0.39, 0.29) is 6.61 Å². The fourth-order valence-corrected chi connectivity index (χ4v) is 4.44. The Balaban J connectivity index is 1.55. The van der Waals surface area contributed by atoms with Gasteiger partial charge in [-0.25, -0.2) is 0 Å². The number of carbonyl (C=O) groups excluding carboxylic acids is 2. The van der Waals surface area contributed by atoms with Crippen molar-refractivity contribution >= 4 is 60.8 Å². The van der Waals surface area contributed by atoms with Crippen molar-refractivity contribution in [3.63, 3.8) is 0 Å². The van der Waals surface area contributed by atoms with Gasteiger partial charge in [-0.2, -0.15) is 0 Å². The van der Waals surface area contributed by atoms with E-state index in [2.05, 4.69) is 40.6 Å². The van der Waals surface area contributed by atoms with Crippen LogP contribution in [0, 0.1) is 0 Å². The lowest BCUT2D eigenvalue weighted by molar-refractivity contribution is -0.123. The van der Waals surface area contributed by atoms with E-state index in [1.165, 1.54) is 11.3 Å². The second-order valence-corrected chi connectivity index (χ2v) is 8.66. The third-order valence-electron chi connectivity index (χ3n) is 4.04. The largest absolute Gasteiger partial charge is 0.483 e. The Morgan fingerprint density at radius 3 is 2.61 bits per heavy atom. The molecule has 146 valence electrons. The van der Waals surface area contributed by atoms with E-state index in [4.69, 9.17) is 16.3 Å². The molecule has 2 aromatic carbocycles. The van der Waals surface area contributed by atoms with Gasteiger partial charge in [-0.3, -0.25) is 20.4 Å². The van der Waals surface area contributed by atoms with Crippen molar-refractivity contribution in [2.75, 3.05) is 6.61 Å². The molecule has 3 rings (SSSR count). The second-order valence-electron chi connectivity index (χ2n) is 6.38. The fourth-order valence-electron chi connectivity index (χ4n) is 2.52. The summed E-state index contributed by atoms with van der Waals surface area (Å²) in [7, 11) is 0. The highest BCUT2D eigenvalue weighted by Gasteiger charge is 2.17. The van der Waals surface area contributed by atoms with Gasteiger partial charge in [-0.15, -0.1) is 11.3 Å². The Labute approximate surface area is 180 Å². The van der Waals surface area contributed by atoms with Crippen LogP contribution < -0.4 is 15.6 Å². The Kier molecular flexibility index (Phi) is 6.59. The molecular formula is C20H18BrClN2O3S. The molecule has 1 aromatic heterocycles. The third-order valence-corrected chi connectivity index (χ3v) is 6.33. The molecule has 0 saturated heterocycles. The summed E-state index contributed by atoms with van der Waals surface area (Å²) in [5.74, 6) is -0.00421. The van der Waals surface area contributed by atoms with Gasteiger partial charge in [-0.05, 0) is 45.6 Å². The number of hydrogen-bond donors (Lipinski definition) is 2. The van der Waals surface area contributed by atoms with E-state index in [9.17, 15) is 9.59 Å². The number of rotatable bonds is 5. The first kappa shape index (κ1) is 20.6. The van der Waals surface area contributed by atoms with Gasteiger partial charge in [0.05, 0.1) is 9.50 Å². The summed E-state index contributed by atoms with van der Waals surface area (Å²) in [6.45, 7) is 3.96. The van der Waals surface area contributed by atoms with Crippen LogP contribution in [0.2, 0.25) is 5.02 Å². The maximum atomic E-state index is 12.3. The van der Waals surface area contributed by atoms with Gasteiger partial charge in [0, 0.05) is 10.1 Å². The monoisotopic (exact) mass is 480 g/mol. The summed E-state index contributed by atoms with van der Waals surface area (Å²) in [4.78, 5) is 24.7. The number of fused-ring (bicyclic) bond motifs is 1. The van der Waals surface area contributed by atoms with Crippen molar-refractivity contribution in [1.29, 1.82) is 0 Å². The molecule has 0 atom stereocenters. The molecule has 0 radical (unpaired) electrons. The summed E-state index contributed by atoms with van der Waals surface area (Å²) < 4.78 is 7.18. The number of thiophene rings is 1. The maximum absolute atomic E-state index is 12.3. The Bertz CT molecular complexity index is 1040. The zero-order chi connectivity index (χ0) is 20.3. The van der Waals surface area contributed by atoms with E-state index in [0.29, 0.717) is 21.6 Å². The lowest BCUT2D eigenvalue weighted by atomic mass is 10.0. The molecule has 1 heterocycles. The standard InChI is InChI=1S/C20H18BrClN2O3S/c1-11(2)12-7-8-15(14(21)9-12)27-10-17(25)23-24-20(26)19-18(22)13-5-3-4-6-16(13)28-19/h3-9,11H,10H2,1-2H3,(H,23,25)(H,24,26). The van der Waals surface area contributed by atoms with E-state index in [1.807, 2.05) is 42.5 Å². The second kappa shape index (κ2) is 8.94. The first-order valence-corrected chi connectivity index (χ1v) is 10.5. The SMILES string of the molecule is CC(C)c1ccc(OCC(=O)NNC(=O)c2sc3ccccc3c2Cl)c(Br)c1. The van der Waals surface area contributed by atoms with E-state index >= 15 is 0 Å². The number of amides is 2. The summed E-state index contributed by atoms with van der Waals surface area (Å²) in [6, 6.07) is 13.2. The van der Waals surface area contributed by atoms with Crippen molar-refractivity contribution < 1.29 is 14.3 Å². The highest BCUT2D eigenvalue weighted by Crippen LogP contribution is 2.34. The fraction of sp³-hybridized carbons (Fsp3) is 0.200. The van der Waals surface area contributed by atoms with Gasteiger partial charge in [0.15, 0.2) is 6.61 Å². The predicted octanol–water partition coefficient (Wildman–Crippen LogP) is 5.28. The normalized spacial score (nSPS) is 10.9. The quantitative estimate of drug-likeness (QED) is 0.487. The molecule has 5 nitrogen and oxygen atoms in total. The van der Waals surface area contributed by atoms with Crippen molar-refractivity contribution in [2.24, 2.45) is 0 Å². The van der Waals surface area contributed by atoms with Crippen LogP contribution >= 0.6 is 38.9 Å². The average Bonchev–Trinajstić information content (AvgIpc) is 3.02. The van der Waals surface area contributed by atoms with Crippen LogP contribution in [0.5, 0.6) is 5.75 Å². The van der Waals surface area contributed by atoms with Crippen LogP contribution in [0.3, 0.4) is 0 Å². The number of hydrazine groups is 1.